The van der Waals surface area contributed by atoms with E-state index in [2.05, 4.69) is 38.2 Å². The monoisotopic (exact) mass is 673 g/mol. The van der Waals surface area contributed by atoms with Gasteiger partial charge in [-0.25, -0.2) is 0 Å². The second-order valence-corrected chi connectivity index (χ2v) is 14.6. The molecule has 0 aromatic heterocycles. The van der Waals surface area contributed by atoms with Crippen molar-refractivity contribution >= 4 is 19.8 Å². The highest BCUT2D eigenvalue weighted by atomic mass is 31.2. The van der Waals surface area contributed by atoms with Crippen LogP contribution >= 0.6 is 7.82 Å². The third-order valence-corrected chi connectivity index (χ3v) is 8.44. The molecule has 0 radical (unpaired) electrons. The van der Waals surface area contributed by atoms with Crippen LogP contribution in [-0.4, -0.2) is 70.0 Å². The largest absolute Gasteiger partial charge is 0.756 e. The summed E-state index contributed by atoms with van der Waals surface area (Å²) in [6.07, 6.45) is 27.9. The summed E-state index contributed by atoms with van der Waals surface area (Å²) in [5.41, 5.74) is 0. The van der Waals surface area contributed by atoms with E-state index < -0.39 is 32.5 Å². The number of hydrogen-bond donors (Lipinski definition) is 0. The molecule has 0 aliphatic heterocycles. The summed E-state index contributed by atoms with van der Waals surface area (Å²) >= 11 is 0. The summed E-state index contributed by atoms with van der Waals surface area (Å²) in [7, 11) is 1.15. The average molecular weight is 674 g/mol. The highest BCUT2D eigenvalue weighted by molar-refractivity contribution is 7.45. The van der Waals surface area contributed by atoms with Crippen molar-refractivity contribution in [3.8, 4) is 0 Å². The van der Waals surface area contributed by atoms with Crippen LogP contribution in [0, 0.1) is 0 Å². The van der Waals surface area contributed by atoms with Crippen LogP contribution in [-0.2, 0) is 32.7 Å². The highest BCUT2D eigenvalue weighted by Gasteiger charge is 2.21. The number of ether oxygens (including phenoxy) is 2. The Morgan fingerprint density at radius 1 is 0.674 bits per heavy atom. The molecular formula is C36H68NO8P. The van der Waals surface area contributed by atoms with Crippen LogP contribution in [0.2, 0.25) is 0 Å². The minimum absolute atomic E-state index is 0.0321. The van der Waals surface area contributed by atoms with E-state index in [1.807, 2.05) is 21.1 Å². The van der Waals surface area contributed by atoms with Crippen molar-refractivity contribution < 1.29 is 42.1 Å². The van der Waals surface area contributed by atoms with Gasteiger partial charge in [0.15, 0.2) is 6.10 Å². The fourth-order valence-electron chi connectivity index (χ4n) is 4.55. The molecule has 2 atom stereocenters. The first-order valence-electron chi connectivity index (χ1n) is 18.0. The fraction of sp³-hybridized carbons (Fsp3) is 0.833. The molecule has 0 heterocycles. The van der Waals surface area contributed by atoms with E-state index in [1.54, 1.807) is 0 Å². The van der Waals surface area contributed by atoms with Crippen molar-refractivity contribution in [1.82, 2.24) is 0 Å². The van der Waals surface area contributed by atoms with Crippen LogP contribution in [0.5, 0.6) is 0 Å². The Bertz CT molecular complexity index is 855. The first kappa shape index (κ1) is 44.5. The molecule has 0 aromatic rings. The van der Waals surface area contributed by atoms with Crippen LogP contribution in [0.4, 0.5) is 0 Å². The summed E-state index contributed by atoms with van der Waals surface area (Å²) in [4.78, 5) is 37.1. The van der Waals surface area contributed by atoms with E-state index in [-0.39, 0.29) is 26.1 Å². The molecule has 9 nitrogen and oxygen atoms in total. The second kappa shape index (κ2) is 29.6. The molecule has 0 rings (SSSR count). The van der Waals surface area contributed by atoms with Gasteiger partial charge < -0.3 is 27.9 Å². The number of phosphoric ester groups is 1. The molecule has 0 aliphatic carbocycles. The minimum atomic E-state index is -4.61. The van der Waals surface area contributed by atoms with Crippen molar-refractivity contribution in [3.05, 3.63) is 24.3 Å². The van der Waals surface area contributed by atoms with E-state index in [0.29, 0.717) is 23.9 Å². The number of unbranched alkanes of at least 4 members (excludes halogenated alkanes) is 14. The third kappa shape index (κ3) is 32.4. The molecule has 0 spiro atoms. The van der Waals surface area contributed by atoms with Gasteiger partial charge in [-0.1, -0.05) is 115 Å². The Balaban J connectivity index is 4.45. The first-order valence-corrected chi connectivity index (χ1v) is 19.5. The van der Waals surface area contributed by atoms with Gasteiger partial charge in [0.05, 0.1) is 27.7 Å². The number of hydrogen-bond acceptors (Lipinski definition) is 8. The highest BCUT2D eigenvalue weighted by Crippen LogP contribution is 2.38. The average Bonchev–Trinajstić information content (AvgIpc) is 2.99. The Hall–Kier alpha value is -1.51. The van der Waals surface area contributed by atoms with Crippen LogP contribution in [0.15, 0.2) is 24.3 Å². The maximum Gasteiger partial charge on any atom is 0.306 e. The predicted molar refractivity (Wildman–Crippen MR) is 185 cm³/mol. The van der Waals surface area contributed by atoms with Gasteiger partial charge in [0, 0.05) is 12.8 Å². The summed E-state index contributed by atoms with van der Waals surface area (Å²) in [6, 6.07) is 0. The lowest BCUT2D eigenvalue weighted by molar-refractivity contribution is -0.870. The van der Waals surface area contributed by atoms with Crippen molar-refractivity contribution in [2.24, 2.45) is 0 Å². The topological polar surface area (TPSA) is 111 Å². The number of quaternary nitrogens is 1. The molecular weight excluding hydrogens is 605 g/mol. The molecule has 46 heavy (non-hydrogen) atoms. The van der Waals surface area contributed by atoms with Gasteiger partial charge in [0.25, 0.3) is 7.82 Å². The summed E-state index contributed by atoms with van der Waals surface area (Å²) in [6.45, 7) is 4.11. The van der Waals surface area contributed by atoms with E-state index in [4.69, 9.17) is 18.5 Å². The molecule has 0 N–H and O–H groups in total. The van der Waals surface area contributed by atoms with Crippen LogP contribution in [0.1, 0.15) is 142 Å². The van der Waals surface area contributed by atoms with Crippen molar-refractivity contribution in [2.45, 2.75) is 148 Å². The fourth-order valence-corrected chi connectivity index (χ4v) is 5.28. The molecule has 1 unspecified atom stereocenters. The number of carbonyl (C=O) groups excluding carboxylic acids is 2. The lowest BCUT2D eigenvalue weighted by Gasteiger charge is -2.28. The summed E-state index contributed by atoms with van der Waals surface area (Å²) in [5, 5.41) is 0. The van der Waals surface area contributed by atoms with Crippen molar-refractivity contribution in [2.75, 3.05) is 47.5 Å². The van der Waals surface area contributed by atoms with Crippen LogP contribution in [0.3, 0.4) is 0 Å². The van der Waals surface area contributed by atoms with E-state index >= 15 is 0 Å². The Kier molecular flexibility index (Phi) is 28.6. The van der Waals surface area contributed by atoms with Gasteiger partial charge in [-0.3, -0.25) is 14.2 Å². The molecule has 0 aromatic carbocycles. The maximum atomic E-state index is 12.5. The number of carbonyl (C=O) groups is 2. The molecule has 0 bridgehead atoms. The quantitative estimate of drug-likeness (QED) is 0.0230. The van der Waals surface area contributed by atoms with Crippen molar-refractivity contribution in [3.63, 3.8) is 0 Å². The minimum Gasteiger partial charge on any atom is -0.756 e. The number of phosphoric acid groups is 1. The van der Waals surface area contributed by atoms with Crippen LogP contribution in [0.25, 0.3) is 0 Å². The van der Waals surface area contributed by atoms with Crippen molar-refractivity contribution in [1.29, 1.82) is 0 Å². The lowest BCUT2D eigenvalue weighted by Crippen LogP contribution is -2.37. The number of allylic oxidation sites excluding steroid dienone is 4. The second-order valence-electron chi connectivity index (χ2n) is 13.2. The third-order valence-electron chi connectivity index (χ3n) is 7.47. The van der Waals surface area contributed by atoms with Gasteiger partial charge in [-0.2, -0.15) is 0 Å². The number of likely N-dealkylation sites (N-methyl/N-ethyl adjacent to an activating group) is 1. The van der Waals surface area contributed by atoms with Gasteiger partial charge in [-0.05, 0) is 38.5 Å². The number of nitrogens with zero attached hydrogens (tertiary/aromatic N) is 1. The van der Waals surface area contributed by atoms with Crippen LogP contribution < -0.4 is 4.89 Å². The number of rotatable bonds is 32. The maximum absolute atomic E-state index is 12.5. The van der Waals surface area contributed by atoms with E-state index in [0.717, 1.165) is 64.2 Å². The normalized spacial score (nSPS) is 14.1. The predicted octanol–water partition coefficient (Wildman–Crippen LogP) is 8.60. The van der Waals surface area contributed by atoms with E-state index in [1.165, 1.54) is 38.5 Å². The van der Waals surface area contributed by atoms with E-state index in [9.17, 15) is 19.0 Å². The standard InChI is InChI=1S/C36H68NO8P/c1-6-8-10-12-14-16-17-18-19-20-21-23-24-26-28-35(38)42-32-34(33-44-46(40,41)43-31-30-37(3,4)5)45-36(39)29-27-25-22-15-13-11-9-7-2/h12,14,17-18,34H,6-11,13,15-16,19-33H2,1-5H3/b14-12+,18-17+/t34-/m0/s1. The number of esters is 2. The molecule has 0 saturated heterocycles. The van der Waals surface area contributed by atoms with Gasteiger partial charge in [0.1, 0.15) is 19.8 Å². The zero-order valence-electron chi connectivity index (χ0n) is 30.0. The summed E-state index contributed by atoms with van der Waals surface area (Å²) in [5.74, 6) is -0.857. The molecule has 0 fully saturated rings. The molecule has 0 amide bonds. The van der Waals surface area contributed by atoms with Gasteiger partial charge in [-0.15, -0.1) is 0 Å². The Labute approximate surface area is 281 Å². The SMILES string of the molecule is CCCC/C=C/C/C=C/CCCCCCCC(=O)OC[C@@H](COP(=O)([O-])OCC[N+](C)(C)C)OC(=O)CCCCCCCCCC. The zero-order chi connectivity index (χ0) is 34.4. The molecule has 270 valence electrons. The van der Waals surface area contributed by atoms with Gasteiger partial charge >= 0.3 is 11.9 Å². The smallest absolute Gasteiger partial charge is 0.306 e. The first-order chi connectivity index (χ1) is 22.0. The summed E-state index contributed by atoms with van der Waals surface area (Å²) < 4.78 is 33.6. The Morgan fingerprint density at radius 3 is 1.78 bits per heavy atom. The lowest BCUT2D eigenvalue weighted by atomic mass is 10.1. The van der Waals surface area contributed by atoms with Gasteiger partial charge in [0.2, 0.25) is 0 Å². The molecule has 0 aliphatic rings. The molecule has 0 saturated carbocycles. The zero-order valence-corrected chi connectivity index (χ0v) is 30.9. The Morgan fingerprint density at radius 2 is 1.20 bits per heavy atom. The molecule has 10 heteroatoms.